The number of nitrogens with zero attached hydrogens (tertiary/aromatic N) is 3. The van der Waals surface area contributed by atoms with Gasteiger partial charge in [-0.25, -0.2) is 4.39 Å². The largest absolute Gasteiger partial charge is 0.430 e. The number of nitro groups is 1. The first-order valence-corrected chi connectivity index (χ1v) is 7.05. The molecule has 0 saturated carbocycles. The van der Waals surface area contributed by atoms with Crippen LogP contribution in [-0.2, 0) is 0 Å². The van der Waals surface area contributed by atoms with Crippen molar-refractivity contribution in [2.75, 3.05) is 0 Å². The third-order valence-electron chi connectivity index (χ3n) is 2.96. The van der Waals surface area contributed by atoms with Gasteiger partial charge in [-0.15, -0.1) is 0 Å². The van der Waals surface area contributed by atoms with Crippen molar-refractivity contribution in [2.24, 2.45) is 0 Å². The van der Waals surface area contributed by atoms with Crippen molar-refractivity contribution >= 4 is 27.3 Å². The van der Waals surface area contributed by atoms with Crippen LogP contribution >= 0.6 is 15.9 Å². The van der Waals surface area contributed by atoms with Gasteiger partial charge in [-0.3, -0.25) is 19.3 Å². The van der Waals surface area contributed by atoms with E-state index in [1.807, 2.05) is 0 Å². The van der Waals surface area contributed by atoms with Gasteiger partial charge in [0, 0.05) is 10.7 Å². The molecular formula is C14H7BrFN3O4. The van der Waals surface area contributed by atoms with Crippen LogP contribution < -0.4 is 10.3 Å². The Morgan fingerprint density at radius 3 is 2.78 bits per heavy atom. The SMILES string of the molecule is O=c1c([N+](=O)[O-])c(Oc2ccc(Br)cc2F)nc2ccccn12. The number of benzene rings is 1. The Labute approximate surface area is 136 Å². The van der Waals surface area contributed by atoms with Crippen molar-refractivity contribution < 1.29 is 14.1 Å². The van der Waals surface area contributed by atoms with Gasteiger partial charge < -0.3 is 4.74 Å². The van der Waals surface area contributed by atoms with Gasteiger partial charge in [0.05, 0.1) is 4.92 Å². The predicted molar refractivity (Wildman–Crippen MR) is 82.3 cm³/mol. The van der Waals surface area contributed by atoms with Gasteiger partial charge in [-0.1, -0.05) is 22.0 Å². The van der Waals surface area contributed by atoms with Crippen LogP contribution in [0.5, 0.6) is 11.6 Å². The molecule has 116 valence electrons. The summed E-state index contributed by atoms with van der Waals surface area (Å²) >= 11 is 3.09. The van der Waals surface area contributed by atoms with E-state index in [1.165, 1.54) is 30.5 Å². The first kappa shape index (κ1) is 15.1. The van der Waals surface area contributed by atoms with Crippen molar-refractivity contribution in [2.45, 2.75) is 0 Å². The van der Waals surface area contributed by atoms with E-state index in [2.05, 4.69) is 20.9 Å². The van der Waals surface area contributed by atoms with Crippen molar-refractivity contribution in [3.63, 3.8) is 0 Å². The van der Waals surface area contributed by atoms with Gasteiger partial charge >= 0.3 is 17.1 Å². The van der Waals surface area contributed by atoms with Crippen molar-refractivity contribution in [3.8, 4) is 11.6 Å². The molecule has 2 heterocycles. The van der Waals surface area contributed by atoms with E-state index in [9.17, 15) is 19.3 Å². The second-order valence-electron chi connectivity index (χ2n) is 4.43. The van der Waals surface area contributed by atoms with E-state index in [-0.39, 0.29) is 11.4 Å². The fourth-order valence-electron chi connectivity index (χ4n) is 1.95. The average molecular weight is 380 g/mol. The Hall–Kier alpha value is -2.81. The van der Waals surface area contributed by atoms with Gasteiger partial charge in [0.1, 0.15) is 5.65 Å². The molecule has 3 aromatic rings. The Balaban J connectivity index is 2.21. The fraction of sp³-hybridized carbons (Fsp3) is 0. The molecule has 1 aromatic carbocycles. The maximum absolute atomic E-state index is 13.8. The number of hydrogen-bond acceptors (Lipinski definition) is 5. The van der Waals surface area contributed by atoms with E-state index in [0.29, 0.717) is 4.47 Å². The third kappa shape index (κ3) is 2.78. The van der Waals surface area contributed by atoms with Gasteiger partial charge in [-0.2, -0.15) is 4.98 Å². The standard InChI is InChI=1S/C14H7BrFN3O4/c15-8-4-5-10(9(16)7-8)23-13-12(19(21)22)14(20)18-6-2-1-3-11(18)17-13/h1-7H. The highest BCUT2D eigenvalue weighted by Crippen LogP contribution is 2.30. The van der Waals surface area contributed by atoms with E-state index in [4.69, 9.17) is 4.74 Å². The number of pyridine rings is 1. The molecule has 0 atom stereocenters. The summed E-state index contributed by atoms with van der Waals surface area (Å²) in [6, 6.07) is 8.53. The minimum absolute atomic E-state index is 0.149. The van der Waals surface area contributed by atoms with Crippen LogP contribution in [0.3, 0.4) is 0 Å². The van der Waals surface area contributed by atoms with Crippen LogP contribution in [0.4, 0.5) is 10.1 Å². The molecule has 3 rings (SSSR count). The average Bonchev–Trinajstić information content (AvgIpc) is 2.50. The molecule has 0 aliphatic rings. The number of aromatic nitrogens is 2. The third-order valence-corrected chi connectivity index (χ3v) is 3.45. The molecular weight excluding hydrogens is 373 g/mol. The number of fused-ring (bicyclic) bond motifs is 1. The predicted octanol–water partition coefficient (Wildman–Crippen LogP) is 3.30. The summed E-state index contributed by atoms with van der Waals surface area (Å²) < 4.78 is 20.5. The molecule has 7 nitrogen and oxygen atoms in total. The molecule has 23 heavy (non-hydrogen) atoms. The van der Waals surface area contributed by atoms with Gasteiger partial charge in [0.15, 0.2) is 11.6 Å². The van der Waals surface area contributed by atoms with Crippen LogP contribution in [0.1, 0.15) is 0 Å². The fourth-order valence-corrected chi connectivity index (χ4v) is 2.28. The minimum atomic E-state index is -0.909. The second kappa shape index (κ2) is 5.76. The second-order valence-corrected chi connectivity index (χ2v) is 5.35. The molecule has 0 radical (unpaired) electrons. The molecule has 0 N–H and O–H groups in total. The van der Waals surface area contributed by atoms with Crippen molar-refractivity contribution in [1.82, 2.24) is 9.38 Å². The lowest BCUT2D eigenvalue weighted by Gasteiger charge is -2.08. The molecule has 0 amide bonds. The van der Waals surface area contributed by atoms with Crippen LogP contribution in [0, 0.1) is 15.9 Å². The van der Waals surface area contributed by atoms with Crippen LogP contribution in [0.15, 0.2) is 51.9 Å². The van der Waals surface area contributed by atoms with E-state index >= 15 is 0 Å². The number of ether oxygens (including phenoxy) is 1. The Bertz CT molecular complexity index is 989. The Morgan fingerprint density at radius 1 is 1.30 bits per heavy atom. The molecule has 0 bridgehead atoms. The quantitative estimate of drug-likeness (QED) is 0.514. The highest BCUT2D eigenvalue weighted by atomic mass is 79.9. The van der Waals surface area contributed by atoms with Crippen molar-refractivity contribution in [3.05, 3.63) is 73.4 Å². The Kier molecular flexibility index (Phi) is 3.78. The zero-order valence-corrected chi connectivity index (χ0v) is 12.9. The normalized spacial score (nSPS) is 10.7. The van der Waals surface area contributed by atoms with E-state index < -0.39 is 27.9 Å². The van der Waals surface area contributed by atoms with E-state index in [0.717, 1.165) is 10.5 Å². The first-order valence-electron chi connectivity index (χ1n) is 6.26. The minimum Gasteiger partial charge on any atom is -0.430 e. The maximum Gasteiger partial charge on any atom is 0.396 e. The lowest BCUT2D eigenvalue weighted by molar-refractivity contribution is -0.387. The van der Waals surface area contributed by atoms with Crippen molar-refractivity contribution in [1.29, 1.82) is 0 Å². The first-order chi connectivity index (χ1) is 11.0. The summed E-state index contributed by atoms with van der Waals surface area (Å²) in [5.74, 6) is -1.58. The summed E-state index contributed by atoms with van der Waals surface area (Å²) in [5.41, 5.74) is -1.63. The molecule has 0 aliphatic heterocycles. The molecule has 2 aromatic heterocycles. The summed E-state index contributed by atoms with van der Waals surface area (Å²) in [4.78, 5) is 26.4. The molecule has 9 heteroatoms. The molecule has 0 unspecified atom stereocenters. The monoisotopic (exact) mass is 379 g/mol. The van der Waals surface area contributed by atoms with Gasteiger partial charge in [0.25, 0.3) is 0 Å². The molecule has 0 spiro atoms. The van der Waals surface area contributed by atoms with Crippen LogP contribution in [-0.4, -0.2) is 14.3 Å². The highest BCUT2D eigenvalue weighted by Gasteiger charge is 2.26. The van der Waals surface area contributed by atoms with E-state index in [1.54, 1.807) is 6.07 Å². The summed E-state index contributed by atoms with van der Waals surface area (Å²) in [7, 11) is 0. The lowest BCUT2D eigenvalue weighted by atomic mass is 10.3. The lowest BCUT2D eigenvalue weighted by Crippen LogP contribution is -2.19. The number of rotatable bonds is 3. The zero-order chi connectivity index (χ0) is 16.6. The molecule has 0 saturated heterocycles. The van der Waals surface area contributed by atoms with Gasteiger partial charge in [0.2, 0.25) is 0 Å². The summed E-state index contributed by atoms with van der Waals surface area (Å²) in [6.45, 7) is 0. The smallest absolute Gasteiger partial charge is 0.396 e. The summed E-state index contributed by atoms with van der Waals surface area (Å²) in [5, 5.41) is 11.2. The Morgan fingerprint density at radius 2 is 2.09 bits per heavy atom. The zero-order valence-electron chi connectivity index (χ0n) is 11.3. The van der Waals surface area contributed by atoms with Crippen LogP contribution in [0.25, 0.3) is 5.65 Å². The number of halogens is 2. The highest BCUT2D eigenvalue weighted by molar-refractivity contribution is 9.10. The summed E-state index contributed by atoms with van der Waals surface area (Å²) in [6.07, 6.45) is 1.35. The number of hydrogen-bond donors (Lipinski definition) is 0. The maximum atomic E-state index is 13.8. The topological polar surface area (TPSA) is 86.7 Å². The molecule has 0 fully saturated rings. The van der Waals surface area contributed by atoms with Crippen LogP contribution in [0.2, 0.25) is 0 Å². The van der Waals surface area contributed by atoms with Gasteiger partial charge in [-0.05, 0) is 30.3 Å². The molecule has 0 aliphatic carbocycles.